The summed E-state index contributed by atoms with van der Waals surface area (Å²) in [6.45, 7) is 8.40. The van der Waals surface area contributed by atoms with Crippen LogP contribution < -0.4 is 14.5 Å². The molecule has 0 aliphatic rings. The van der Waals surface area contributed by atoms with E-state index in [-0.39, 0.29) is 0 Å². The molecular weight excluding hydrogens is 889 g/mol. The van der Waals surface area contributed by atoms with Crippen molar-refractivity contribution in [2.24, 2.45) is 0 Å². The van der Waals surface area contributed by atoms with E-state index in [1.54, 1.807) is 0 Å². The van der Waals surface area contributed by atoms with Gasteiger partial charge in [-0.2, -0.15) is 0 Å². The van der Waals surface area contributed by atoms with Crippen molar-refractivity contribution in [3.63, 3.8) is 0 Å². The van der Waals surface area contributed by atoms with Crippen LogP contribution >= 0.6 is 22.7 Å². The number of benzene rings is 10. The molecule has 5 heteroatoms. The normalized spacial score (nSPS) is 11.3. The van der Waals surface area contributed by atoms with E-state index in [1.807, 2.05) is 34.8 Å². The van der Waals surface area contributed by atoms with Crippen LogP contribution in [0.1, 0.15) is 16.7 Å². The summed E-state index contributed by atoms with van der Waals surface area (Å²) in [5.74, 6) is 0.838. The summed E-state index contributed by atoms with van der Waals surface area (Å²) in [5, 5.41) is 5.04. The third-order valence-electron chi connectivity index (χ3n) is 13.1. The summed E-state index contributed by atoms with van der Waals surface area (Å²) in [5.41, 5.74) is 14.6. The highest BCUT2D eigenvalue weighted by Crippen LogP contribution is 2.48. The number of ether oxygens (including phenoxy) is 1. The van der Waals surface area contributed by atoms with Crippen molar-refractivity contribution in [3.8, 4) is 28.0 Å². The van der Waals surface area contributed by atoms with Gasteiger partial charge < -0.3 is 14.5 Å². The van der Waals surface area contributed by atoms with E-state index in [0.717, 1.165) is 78.8 Å². The SMILES string of the molecule is C=Cc1ccc(COc2ccc(-c3ccc(N(c4ccc(-c5cc(N(c6ccccc6)c6ccccc6)c6c(c5)sc5ccccc56)cc4)c4ccc5c(c4)sc4ccc(C=C)cc45)cc3)cc2)cc1. The fraction of sp³-hybridized carbons (Fsp3) is 0.0154. The van der Waals surface area contributed by atoms with E-state index in [0.29, 0.717) is 6.61 Å². The van der Waals surface area contributed by atoms with Crippen LogP contribution in [0.25, 0.3) is 74.8 Å². The van der Waals surface area contributed by atoms with Crippen molar-refractivity contribution >= 4 is 109 Å². The van der Waals surface area contributed by atoms with E-state index < -0.39 is 0 Å². The summed E-state index contributed by atoms with van der Waals surface area (Å²) in [7, 11) is 0. The zero-order valence-corrected chi connectivity index (χ0v) is 40.0. The van der Waals surface area contributed by atoms with E-state index in [4.69, 9.17) is 4.74 Å². The van der Waals surface area contributed by atoms with E-state index >= 15 is 0 Å². The van der Waals surface area contributed by atoms with Crippen LogP contribution in [0.2, 0.25) is 0 Å². The van der Waals surface area contributed by atoms with Gasteiger partial charge in [-0.25, -0.2) is 0 Å². The number of thiophene rings is 2. The molecule has 12 rings (SSSR count). The van der Waals surface area contributed by atoms with Crippen LogP contribution in [0, 0.1) is 0 Å². The standard InChI is InChI=1S/C65H46N2OS2/c1-3-44-19-21-46(22-20-44)43-68-56-35-28-48(29-36-56)47-24-30-53(31-25-47)66(55-34-37-57-59-39-45(4-2)23-38-62(59)69-63(57)42-55)54-32-26-49(27-33-54)50-40-60(65-58-17-11-12-18-61(58)70-64(65)41-50)67(51-13-7-5-8-14-51)52-15-9-6-10-16-52/h3-42H,1-2,43H2. The first-order valence-electron chi connectivity index (χ1n) is 23.5. The van der Waals surface area contributed by atoms with Gasteiger partial charge in [0.15, 0.2) is 0 Å². The number of nitrogens with zero attached hydrogens (tertiary/aromatic N) is 2. The zero-order valence-electron chi connectivity index (χ0n) is 38.3. The second-order valence-electron chi connectivity index (χ2n) is 17.4. The van der Waals surface area contributed by atoms with Gasteiger partial charge in [0.05, 0.1) is 5.69 Å². The average molecular weight is 935 g/mol. The molecule has 0 saturated carbocycles. The number of hydrogen-bond acceptors (Lipinski definition) is 5. The Labute approximate surface area is 416 Å². The highest BCUT2D eigenvalue weighted by Gasteiger charge is 2.21. The van der Waals surface area contributed by atoms with Crippen LogP contribution in [-0.4, -0.2) is 0 Å². The summed E-state index contributed by atoms with van der Waals surface area (Å²) in [6, 6.07) is 83.1. The van der Waals surface area contributed by atoms with Crippen molar-refractivity contribution in [1.82, 2.24) is 0 Å². The Morgan fingerprint density at radius 2 is 0.914 bits per heavy atom. The molecule has 2 aromatic heterocycles. The first-order chi connectivity index (χ1) is 34.6. The largest absolute Gasteiger partial charge is 0.489 e. The maximum Gasteiger partial charge on any atom is 0.119 e. The van der Waals surface area contributed by atoms with Crippen LogP contribution in [0.5, 0.6) is 5.75 Å². The monoisotopic (exact) mass is 934 g/mol. The van der Waals surface area contributed by atoms with Gasteiger partial charge in [-0.05, 0) is 142 Å². The Morgan fingerprint density at radius 3 is 1.57 bits per heavy atom. The zero-order chi connectivity index (χ0) is 47.0. The molecule has 12 aromatic rings. The number of anilines is 6. The molecule has 3 nitrogen and oxygen atoms in total. The van der Waals surface area contributed by atoms with Gasteiger partial charge in [-0.1, -0.05) is 153 Å². The molecule has 0 aliphatic carbocycles. The number of fused-ring (bicyclic) bond motifs is 6. The summed E-state index contributed by atoms with van der Waals surface area (Å²) < 4.78 is 11.2. The van der Waals surface area contributed by atoms with Crippen molar-refractivity contribution < 1.29 is 4.74 Å². The maximum atomic E-state index is 6.15. The topological polar surface area (TPSA) is 15.7 Å². The van der Waals surface area contributed by atoms with Crippen molar-refractivity contribution in [2.45, 2.75) is 6.61 Å². The van der Waals surface area contributed by atoms with Gasteiger partial charge in [-0.15, -0.1) is 22.7 Å². The van der Waals surface area contributed by atoms with Gasteiger partial charge in [-0.3, -0.25) is 0 Å². The first-order valence-corrected chi connectivity index (χ1v) is 25.1. The van der Waals surface area contributed by atoms with Gasteiger partial charge in [0, 0.05) is 68.8 Å². The lowest BCUT2D eigenvalue weighted by Crippen LogP contribution is -2.10. The molecule has 0 spiro atoms. The molecule has 0 atom stereocenters. The number of rotatable bonds is 13. The minimum atomic E-state index is 0.509. The fourth-order valence-corrected chi connectivity index (χ4v) is 11.8. The molecule has 10 aromatic carbocycles. The van der Waals surface area contributed by atoms with Gasteiger partial charge in [0.2, 0.25) is 0 Å². The Kier molecular flexibility index (Phi) is 11.4. The minimum absolute atomic E-state index is 0.509. The summed E-state index contributed by atoms with van der Waals surface area (Å²) >= 11 is 3.69. The number of hydrogen-bond donors (Lipinski definition) is 0. The predicted molar refractivity (Wildman–Crippen MR) is 303 cm³/mol. The van der Waals surface area contributed by atoms with Crippen LogP contribution in [0.3, 0.4) is 0 Å². The molecule has 0 fully saturated rings. The molecule has 0 aliphatic heterocycles. The predicted octanol–water partition coefficient (Wildman–Crippen LogP) is 19.6. The highest BCUT2D eigenvalue weighted by molar-refractivity contribution is 7.26. The van der Waals surface area contributed by atoms with Crippen molar-refractivity contribution in [3.05, 3.63) is 260 Å². The molecule has 0 saturated heterocycles. The minimum Gasteiger partial charge on any atom is -0.489 e. The van der Waals surface area contributed by atoms with Gasteiger partial charge >= 0.3 is 0 Å². The molecule has 0 N–H and O–H groups in total. The van der Waals surface area contributed by atoms with E-state index in [2.05, 4.69) is 253 Å². The Hall–Kier alpha value is -8.48. The summed E-state index contributed by atoms with van der Waals surface area (Å²) in [4.78, 5) is 4.78. The molecule has 0 unspecified atom stereocenters. The Morgan fingerprint density at radius 1 is 0.371 bits per heavy atom. The van der Waals surface area contributed by atoms with E-state index in [9.17, 15) is 0 Å². The number of para-hydroxylation sites is 2. The Balaban J connectivity index is 0.921. The quantitative estimate of drug-likeness (QED) is 0.115. The van der Waals surface area contributed by atoms with E-state index in [1.165, 1.54) is 40.3 Å². The lowest BCUT2D eigenvalue weighted by atomic mass is 9.99. The maximum absolute atomic E-state index is 6.15. The second-order valence-corrected chi connectivity index (χ2v) is 19.6. The molecule has 334 valence electrons. The van der Waals surface area contributed by atoms with Crippen molar-refractivity contribution in [1.29, 1.82) is 0 Å². The first kappa shape index (κ1) is 42.8. The van der Waals surface area contributed by atoms with Crippen molar-refractivity contribution in [2.75, 3.05) is 9.80 Å². The second kappa shape index (κ2) is 18.5. The van der Waals surface area contributed by atoms with Crippen LogP contribution in [0.15, 0.2) is 244 Å². The lowest BCUT2D eigenvalue weighted by Gasteiger charge is -2.27. The average Bonchev–Trinajstić information content (AvgIpc) is 3.99. The van der Waals surface area contributed by atoms with Gasteiger partial charge in [0.25, 0.3) is 0 Å². The summed E-state index contributed by atoms with van der Waals surface area (Å²) in [6.07, 6.45) is 3.77. The molecule has 70 heavy (non-hydrogen) atoms. The molecular formula is C65H46N2OS2. The fourth-order valence-electron chi connectivity index (χ4n) is 9.52. The highest BCUT2D eigenvalue weighted by atomic mass is 32.1. The Bertz CT molecular complexity index is 3800. The molecule has 0 bridgehead atoms. The third-order valence-corrected chi connectivity index (χ3v) is 15.3. The van der Waals surface area contributed by atoms with Gasteiger partial charge in [0.1, 0.15) is 12.4 Å². The van der Waals surface area contributed by atoms with Crippen LogP contribution in [-0.2, 0) is 6.61 Å². The third kappa shape index (κ3) is 8.21. The molecule has 2 heterocycles. The molecule has 0 amide bonds. The van der Waals surface area contributed by atoms with Crippen LogP contribution in [0.4, 0.5) is 34.1 Å². The lowest BCUT2D eigenvalue weighted by molar-refractivity contribution is 0.306. The molecule has 0 radical (unpaired) electrons. The smallest absolute Gasteiger partial charge is 0.119 e.